The zero-order valence-electron chi connectivity index (χ0n) is 7.24. The van der Waals surface area contributed by atoms with E-state index in [9.17, 15) is 5.11 Å². The van der Waals surface area contributed by atoms with Crippen molar-refractivity contribution < 1.29 is 5.11 Å². The summed E-state index contributed by atoms with van der Waals surface area (Å²) in [5.41, 5.74) is 0. The average Bonchev–Trinajstić information content (AvgIpc) is 2.53. The summed E-state index contributed by atoms with van der Waals surface area (Å²) in [6.07, 6.45) is 5.83. The predicted molar refractivity (Wildman–Crippen MR) is 57.0 cm³/mol. The van der Waals surface area contributed by atoms with Crippen molar-refractivity contribution in [3.8, 4) is 0 Å². The Morgan fingerprint density at radius 1 is 1.38 bits per heavy atom. The van der Waals surface area contributed by atoms with E-state index in [4.69, 9.17) is 0 Å². The molecule has 0 spiro atoms. The quantitative estimate of drug-likeness (QED) is 0.844. The molecular formula is C9H12BrNOS. The molecule has 2 nitrogen and oxygen atoms in total. The van der Waals surface area contributed by atoms with Crippen molar-refractivity contribution in [3.05, 3.63) is 15.0 Å². The molecule has 1 N–H and O–H groups in total. The molecule has 0 aliphatic heterocycles. The maximum atomic E-state index is 9.35. The Morgan fingerprint density at radius 2 is 2.08 bits per heavy atom. The van der Waals surface area contributed by atoms with E-state index in [1.165, 1.54) is 5.01 Å². The van der Waals surface area contributed by atoms with Crippen LogP contribution >= 0.6 is 27.3 Å². The molecule has 1 aliphatic carbocycles. The van der Waals surface area contributed by atoms with Crippen molar-refractivity contribution in [1.29, 1.82) is 0 Å². The third kappa shape index (κ3) is 2.30. The molecule has 0 aromatic carbocycles. The molecule has 0 unspecified atom stereocenters. The summed E-state index contributed by atoms with van der Waals surface area (Å²) < 4.78 is 1.11. The minimum absolute atomic E-state index is 0.0698. The molecule has 0 amide bonds. The smallest absolute Gasteiger partial charge is 0.0967 e. The minimum Gasteiger partial charge on any atom is -0.393 e. The van der Waals surface area contributed by atoms with E-state index in [-0.39, 0.29) is 6.10 Å². The van der Waals surface area contributed by atoms with Gasteiger partial charge in [-0.2, -0.15) is 0 Å². The molecule has 2 rings (SSSR count). The SMILES string of the molecule is O[C@H]1CC[C@H](c2ncc(Br)s2)CC1. The number of hydrogen-bond donors (Lipinski definition) is 1. The van der Waals surface area contributed by atoms with Crippen LogP contribution in [0.1, 0.15) is 36.6 Å². The van der Waals surface area contributed by atoms with E-state index in [0.29, 0.717) is 5.92 Å². The van der Waals surface area contributed by atoms with Crippen molar-refractivity contribution >= 4 is 27.3 Å². The second kappa shape index (κ2) is 4.07. The molecule has 1 aromatic rings. The van der Waals surface area contributed by atoms with Crippen LogP contribution in [0.4, 0.5) is 0 Å². The van der Waals surface area contributed by atoms with Gasteiger partial charge in [-0.15, -0.1) is 11.3 Å². The highest BCUT2D eigenvalue weighted by molar-refractivity contribution is 9.11. The maximum Gasteiger partial charge on any atom is 0.0967 e. The summed E-state index contributed by atoms with van der Waals surface area (Å²) >= 11 is 5.14. The van der Waals surface area contributed by atoms with Gasteiger partial charge in [-0.05, 0) is 41.6 Å². The van der Waals surface area contributed by atoms with E-state index in [2.05, 4.69) is 20.9 Å². The van der Waals surface area contributed by atoms with Crippen LogP contribution < -0.4 is 0 Å². The number of aliphatic hydroxyl groups is 1. The summed E-state index contributed by atoms with van der Waals surface area (Å²) in [5, 5.41) is 10.6. The van der Waals surface area contributed by atoms with Crippen molar-refractivity contribution in [2.45, 2.75) is 37.7 Å². The second-order valence-corrected chi connectivity index (χ2v) is 5.95. The number of thiazole rings is 1. The minimum atomic E-state index is -0.0698. The topological polar surface area (TPSA) is 33.1 Å². The highest BCUT2D eigenvalue weighted by atomic mass is 79.9. The predicted octanol–water partition coefficient (Wildman–Crippen LogP) is 2.92. The molecule has 1 heterocycles. The zero-order chi connectivity index (χ0) is 9.26. The highest BCUT2D eigenvalue weighted by Gasteiger charge is 2.22. The Labute approximate surface area is 90.1 Å². The lowest BCUT2D eigenvalue weighted by Gasteiger charge is -2.23. The number of aliphatic hydroxyl groups excluding tert-OH is 1. The van der Waals surface area contributed by atoms with Crippen LogP contribution in [0, 0.1) is 0 Å². The van der Waals surface area contributed by atoms with E-state index in [0.717, 1.165) is 29.5 Å². The van der Waals surface area contributed by atoms with Gasteiger partial charge in [0, 0.05) is 5.92 Å². The standard InChI is InChI=1S/C9H12BrNOS/c10-8-5-11-9(13-8)6-1-3-7(12)4-2-6/h5-7,12H,1-4H2/t6-,7-. The van der Waals surface area contributed by atoms with Crippen molar-refractivity contribution in [2.75, 3.05) is 0 Å². The van der Waals surface area contributed by atoms with Crippen molar-refractivity contribution in [2.24, 2.45) is 0 Å². The first-order valence-corrected chi connectivity index (χ1v) is 6.16. The van der Waals surface area contributed by atoms with Gasteiger partial charge in [0.05, 0.1) is 21.1 Å². The third-order valence-corrected chi connectivity index (χ3v) is 4.18. The van der Waals surface area contributed by atoms with E-state index in [1.54, 1.807) is 11.3 Å². The summed E-state index contributed by atoms with van der Waals surface area (Å²) in [4.78, 5) is 4.35. The van der Waals surface area contributed by atoms with Crippen LogP contribution in [-0.2, 0) is 0 Å². The fourth-order valence-corrected chi connectivity index (χ4v) is 3.19. The van der Waals surface area contributed by atoms with Gasteiger partial charge < -0.3 is 5.11 Å². The van der Waals surface area contributed by atoms with Gasteiger partial charge in [0.1, 0.15) is 0 Å². The van der Waals surface area contributed by atoms with Crippen LogP contribution in [0.15, 0.2) is 9.98 Å². The van der Waals surface area contributed by atoms with E-state index in [1.807, 2.05) is 6.20 Å². The maximum absolute atomic E-state index is 9.35. The monoisotopic (exact) mass is 261 g/mol. The molecular weight excluding hydrogens is 250 g/mol. The zero-order valence-corrected chi connectivity index (χ0v) is 9.64. The summed E-state index contributed by atoms with van der Waals surface area (Å²) in [7, 11) is 0. The molecule has 1 fully saturated rings. The normalized spacial score (nSPS) is 29.1. The Bertz CT molecular complexity index is 281. The molecule has 13 heavy (non-hydrogen) atoms. The van der Waals surface area contributed by atoms with Gasteiger partial charge in [0.25, 0.3) is 0 Å². The van der Waals surface area contributed by atoms with E-state index >= 15 is 0 Å². The largest absolute Gasteiger partial charge is 0.393 e. The highest BCUT2D eigenvalue weighted by Crippen LogP contribution is 2.35. The van der Waals surface area contributed by atoms with Crippen LogP contribution in [0.2, 0.25) is 0 Å². The Balaban J connectivity index is 2.02. The average molecular weight is 262 g/mol. The molecule has 0 radical (unpaired) electrons. The first-order chi connectivity index (χ1) is 6.25. The number of hydrogen-bond acceptors (Lipinski definition) is 3. The van der Waals surface area contributed by atoms with Gasteiger partial charge in [-0.3, -0.25) is 0 Å². The summed E-state index contributed by atoms with van der Waals surface area (Å²) in [6.45, 7) is 0. The Hall–Kier alpha value is 0.0700. The summed E-state index contributed by atoms with van der Waals surface area (Å²) in [5.74, 6) is 0.583. The molecule has 0 bridgehead atoms. The molecule has 0 saturated heterocycles. The van der Waals surface area contributed by atoms with Gasteiger partial charge >= 0.3 is 0 Å². The van der Waals surface area contributed by atoms with E-state index < -0.39 is 0 Å². The number of nitrogens with zero attached hydrogens (tertiary/aromatic N) is 1. The van der Waals surface area contributed by atoms with Crippen LogP contribution in [0.5, 0.6) is 0 Å². The summed E-state index contributed by atoms with van der Waals surface area (Å²) in [6, 6.07) is 0. The number of rotatable bonds is 1. The lowest BCUT2D eigenvalue weighted by Crippen LogP contribution is -2.16. The second-order valence-electron chi connectivity index (χ2n) is 3.51. The van der Waals surface area contributed by atoms with Gasteiger partial charge in [0.2, 0.25) is 0 Å². The molecule has 1 aliphatic rings. The first kappa shape index (κ1) is 9.62. The van der Waals surface area contributed by atoms with Crippen LogP contribution in [0.25, 0.3) is 0 Å². The first-order valence-electron chi connectivity index (χ1n) is 4.55. The Morgan fingerprint density at radius 3 is 2.62 bits per heavy atom. The van der Waals surface area contributed by atoms with Gasteiger partial charge in [-0.1, -0.05) is 0 Å². The van der Waals surface area contributed by atoms with Gasteiger partial charge in [0.15, 0.2) is 0 Å². The molecule has 0 atom stereocenters. The fraction of sp³-hybridized carbons (Fsp3) is 0.667. The Kier molecular flexibility index (Phi) is 3.01. The van der Waals surface area contributed by atoms with Crippen LogP contribution in [-0.4, -0.2) is 16.2 Å². The fourth-order valence-electron chi connectivity index (χ4n) is 1.78. The lowest BCUT2D eigenvalue weighted by molar-refractivity contribution is 0.122. The molecule has 4 heteroatoms. The lowest BCUT2D eigenvalue weighted by atomic mass is 9.88. The van der Waals surface area contributed by atoms with Crippen molar-refractivity contribution in [3.63, 3.8) is 0 Å². The van der Waals surface area contributed by atoms with Crippen molar-refractivity contribution in [1.82, 2.24) is 4.98 Å². The molecule has 1 aromatic heterocycles. The third-order valence-electron chi connectivity index (χ3n) is 2.54. The number of aromatic nitrogens is 1. The number of halogens is 1. The molecule has 1 saturated carbocycles. The molecule has 72 valence electrons. The van der Waals surface area contributed by atoms with Gasteiger partial charge in [-0.25, -0.2) is 4.98 Å². The van der Waals surface area contributed by atoms with Crippen LogP contribution in [0.3, 0.4) is 0 Å².